The molecule has 0 aliphatic heterocycles. The molecular weight excluding hydrogens is 207 g/mol. The summed E-state index contributed by atoms with van der Waals surface area (Å²) in [4.78, 5) is 10.9. The molecule has 1 rings (SSSR count). The topological polar surface area (TPSA) is 17.1 Å². The molecule has 0 radical (unpaired) electrons. The molecule has 0 aromatic heterocycles. The van der Waals surface area contributed by atoms with Crippen LogP contribution in [-0.4, -0.2) is 11.2 Å². The van der Waals surface area contributed by atoms with Crippen molar-refractivity contribution in [2.75, 3.05) is 0 Å². The molecule has 70 valence electrons. The minimum absolute atomic E-state index is 0.0124. The predicted molar refractivity (Wildman–Crippen MR) is 55.5 cm³/mol. The van der Waals surface area contributed by atoms with Crippen molar-refractivity contribution in [2.45, 2.75) is 18.7 Å². The zero-order valence-corrected chi connectivity index (χ0v) is 8.77. The van der Waals surface area contributed by atoms with Crippen LogP contribution in [0.25, 0.3) is 0 Å². The standard InChI is InChI=1S/C10H10Cl2O/c1-7(13)10(12)6-8-3-2-4-9(11)5-8/h2-5,10H,6H2,1H3/t10-/m1/s1. The second-order valence-corrected chi connectivity index (χ2v) is 3.88. The SMILES string of the molecule is CC(=O)[C@H](Cl)Cc1cccc(Cl)c1. The molecule has 0 saturated carbocycles. The summed E-state index contributed by atoms with van der Waals surface area (Å²) < 4.78 is 0. The summed E-state index contributed by atoms with van der Waals surface area (Å²) in [6.07, 6.45) is 0.539. The molecule has 0 spiro atoms. The number of halogens is 2. The maximum atomic E-state index is 10.9. The summed E-state index contributed by atoms with van der Waals surface area (Å²) in [6, 6.07) is 7.37. The van der Waals surface area contributed by atoms with Gasteiger partial charge in [0, 0.05) is 5.02 Å². The van der Waals surface area contributed by atoms with E-state index in [9.17, 15) is 4.79 Å². The Balaban J connectivity index is 2.69. The van der Waals surface area contributed by atoms with Gasteiger partial charge in [-0.15, -0.1) is 11.6 Å². The largest absolute Gasteiger partial charge is 0.298 e. The van der Waals surface area contributed by atoms with Crippen LogP contribution in [0, 0.1) is 0 Å². The summed E-state index contributed by atoms with van der Waals surface area (Å²) >= 11 is 11.6. The number of Topliss-reactive ketones (excluding diaryl/α,β-unsaturated/α-hetero) is 1. The van der Waals surface area contributed by atoms with Crippen LogP contribution < -0.4 is 0 Å². The smallest absolute Gasteiger partial charge is 0.147 e. The monoisotopic (exact) mass is 216 g/mol. The normalized spacial score (nSPS) is 12.5. The highest BCUT2D eigenvalue weighted by Gasteiger charge is 2.10. The van der Waals surface area contributed by atoms with Gasteiger partial charge in [0.15, 0.2) is 0 Å². The van der Waals surface area contributed by atoms with Crippen LogP contribution in [-0.2, 0) is 11.2 Å². The van der Waals surface area contributed by atoms with Crippen LogP contribution in [0.4, 0.5) is 0 Å². The quantitative estimate of drug-likeness (QED) is 0.711. The average Bonchev–Trinajstić information content (AvgIpc) is 2.04. The Bertz CT molecular complexity index is 310. The van der Waals surface area contributed by atoms with E-state index < -0.39 is 5.38 Å². The lowest BCUT2D eigenvalue weighted by atomic mass is 10.1. The first kappa shape index (κ1) is 10.6. The van der Waals surface area contributed by atoms with Gasteiger partial charge in [0.2, 0.25) is 0 Å². The van der Waals surface area contributed by atoms with E-state index in [1.807, 2.05) is 18.2 Å². The van der Waals surface area contributed by atoms with Crippen LogP contribution in [0.2, 0.25) is 5.02 Å². The number of alkyl halides is 1. The van der Waals surface area contributed by atoms with Crippen molar-refractivity contribution in [3.8, 4) is 0 Å². The van der Waals surface area contributed by atoms with Gasteiger partial charge in [-0.05, 0) is 31.0 Å². The molecule has 0 N–H and O–H groups in total. The van der Waals surface area contributed by atoms with Crippen molar-refractivity contribution in [1.29, 1.82) is 0 Å². The van der Waals surface area contributed by atoms with E-state index in [1.165, 1.54) is 6.92 Å². The van der Waals surface area contributed by atoms with E-state index >= 15 is 0 Å². The van der Waals surface area contributed by atoms with E-state index in [0.29, 0.717) is 11.4 Å². The van der Waals surface area contributed by atoms with E-state index in [-0.39, 0.29) is 5.78 Å². The predicted octanol–water partition coefficient (Wildman–Crippen LogP) is 3.08. The van der Waals surface area contributed by atoms with Crippen molar-refractivity contribution in [3.05, 3.63) is 34.9 Å². The third-order valence-corrected chi connectivity index (χ3v) is 2.44. The van der Waals surface area contributed by atoms with E-state index in [2.05, 4.69) is 0 Å². The molecular formula is C10H10Cl2O. The molecule has 1 atom stereocenters. The fourth-order valence-electron chi connectivity index (χ4n) is 1.01. The molecule has 0 aliphatic rings. The Kier molecular flexibility index (Phi) is 3.76. The van der Waals surface area contributed by atoms with Crippen molar-refractivity contribution in [2.24, 2.45) is 0 Å². The molecule has 13 heavy (non-hydrogen) atoms. The average molecular weight is 217 g/mol. The third kappa shape index (κ3) is 3.37. The van der Waals surface area contributed by atoms with Gasteiger partial charge < -0.3 is 0 Å². The van der Waals surface area contributed by atoms with Gasteiger partial charge >= 0.3 is 0 Å². The molecule has 0 aliphatic carbocycles. The van der Waals surface area contributed by atoms with Gasteiger partial charge in [0.25, 0.3) is 0 Å². The molecule has 0 bridgehead atoms. The Labute approximate surface area is 87.7 Å². The fraction of sp³-hybridized carbons (Fsp3) is 0.300. The molecule has 0 amide bonds. The number of benzene rings is 1. The van der Waals surface area contributed by atoms with E-state index in [1.54, 1.807) is 6.07 Å². The summed E-state index contributed by atoms with van der Waals surface area (Å²) in [6.45, 7) is 1.49. The fourth-order valence-corrected chi connectivity index (χ4v) is 1.41. The number of carbonyl (C=O) groups excluding carboxylic acids is 1. The first-order valence-corrected chi connectivity index (χ1v) is 4.80. The molecule has 3 heteroatoms. The highest BCUT2D eigenvalue weighted by Crippen LogP contribution is 2.14. The second kappa shape index (κ2) is 4.64. The number of carbonyl (C=O) groups is 1. The third-order valence-electron chi connectivity index (χ3n) is 1.75. The minimum Gasteiger partial charge on any atom is -0.298 e. The molecule has 1 aromatic carbocycles. The second-order valence-electron chi connectivity index (χ2n) is 2.91. The Morgan fingerprint density at radius 3 is 2.77 bits per heavy atom. The first-order chi connectivity index (χ1) is 6.09. The summed E-state index contributed by atoms with van der Waals surface area (Å²) in [5.41, 5.74) is 0.989. The highest BCUT2D eigenvalue weighted by molar-refractivity contribution is 6.31. The van der Waals surface area contributed by atoms with Gasteiger partial charge in [-0.3, -0.25) is 4.79 Å². The zero-order valence-electron chi connectivity index (χ0n) is 7.26. The lowest BCUT2D eigenvalue weighted by Gasteiger charge is -2.05. The lowest BCUT2D eigenvalue weighted by Crippen LogP contribution is -2.13. The van der Waals surface area contributed by atoms with E-state index in [4.69, 9.17) is 23.2 Å². The Hall–Kier alpha value is -0.530. The summed E-state index contributed by atoms with van der Waals surface area (Å²) in [5, 5.41) is 0.225. The maximum absolute atomic E-state index is 10.9. The zero-order chi connectivity index (χ0) is 9.84. The molecule has 1 nitrogen and oxygen atoms in total. The molecule has 0 heterocycles. The van der Waals surface area contributed by atoms with Gasteiger partial charge in [0.05, 0.1) is 5.38 Å². The number of hydrogen-bond acceptors (Lipinski definition) is 1. The molecule has 1 aromatic rings. The molecule has 0 fully saturated rings. The van der Waals surface area contributed by atoms with Crippen LogP contribution in [0.1, 0.15) is 12.5 Å². The van der Waals surface area contributed by atoms with Crippen molar-refractivity contribution in [3.63, 3.8) is 0 Å². The van der Waals surface area contributed by atoms with Gasteiger partial charge in [-0.2, -0.15) is 0 Å². The first-order valence-electron chi connectivity index (χ1n) is 3.98. The van der Waals surface area contributed by atoms with Crippen molar-refractivity contribution < 1.29 is 4.79 Å². The van der Waals surface area contributed by atoms with Crippen LogP contribution in [0.5, 0.6) is 0 Å². The number of rotatable bonds is 3. The van der Waals surface area contributed by atoms with Crippen molar-refractivity contribution in [1.82, 2.24) is 0 Å². The Morgan fingerprint density at radius 1 is 1.54 bits per heavy atom. The van der Waals surface area contributed by atoms with Gasteiger partial charge in [-0.1, -0.05) is 23.7 Å². The van der Waals surface area contributed by atoms with Crippen LogP contribution >= 0.6 is 23.2 Å². The van der Waals surface area contributed by atoms with Crippen molar-refractivity contribution >= 4 is 29.0 Å². The summed E-state index contributed by atoms with van der Waals surface area (Å²) in [7, 11) is 0. The minimum atomic E-state index is -0.446. The lowest BCUT2D eigenvalue weighted by molar-refractivity contribution is -0.116. The van der Waals surface area contributed by atoms with E-state index in [0.717, 1.165) is 5.56 Å². The van der Waals surface area contributed by atoms with Gasteiger partial charge in [0.1, 0.15) is 5.78 Å². The molecule has 0 saturated heterocycles. The maximum Gasteiger partial charge on any atom is 0.147 e. The van der Waals surface area contributed by atoms with Crippen LogP contribution in [0.15, 0.2) is 24.3 Å². The molecule has 0 unspecified atom stereocenters. The van der Waals surface area contributed by atoms with Crippen LogP contribution in [0.3, 0.4) is 0 Å². The number of ketones is 1. The number of hydrogen-bond donors (Lipinski definition) is 0. The highest BCUT2D eigenvalue weighted by atomic mass is 35.5. The Morgan fingerprint density at radius 2 is 2.23 bits per heavy atom. The van der Waals surface area contributed by atoms with Gasteiger partial charge in [-0.25, -0.2) is 0 Å². The summed E-state index contributed by atoms with van der Waals surface area (Å²) in [5.74, 6) is -0.0124.